The molecule has 4 unspecified atom stereocenters. The number of nitrogens with one attached hydrogen (secondary N) is 3. The molecule has 1 amide bonds. The Balaban J connectivity index is 4.56. The van der Waals surface area contributed by atoms with Crippen LogP contribution in [0.5, 0.6) is 0 Å². The van der Waals surface area contributed by atoms with Crippen LogP contribution in [0.15, 0.2) is 0 Å². The summed E-state index contributed by atoms with van der Waals surface area (Å²) in [5.41, 5.74) is 13.9. The number of hydrazine groups is 1. The molecule has 0 radical (unpaired) electrons. The predicted molar refractivity (Wildman–Crippen MR) is 95.3 cm³/mol. The van der Waals surface area contributed by atoms with Gasteiger partial charge in [-0.25, -0.2) is 9.80 Å². The van der Waals surface area contributed by atoms with Crippen molar-refractivity contribution in [3.8, 4) is 0 Å². The third-order valence-corrected chi connectivity index (χ3v) is 3.52. The number of carboxylic acids is 1. The zero-order valence-corrected chi connectivity index (χ0v) is 15.1. The molecule has 0 aromatic heterocycles. The van der Waals surface area contributed by atoms with Gasteiger partial charge in [-0.15, -0.1) is 0 Å². The van der Waals surface area contributed by atoms with E-state index in [1.54, 1.807) is 19.0 Å². The molecule has 0 spiro atoms. The molecular weight excluding hydrogens is 352 g/mol. The van der Waals surface area contributed by atoms with E-state index >= 15 is 0 Å². The van der Waals surface area contributed by atoms with E-state index in [1.165, 1.54) is 0 Å². The summed E-state index contributed by atoms with van der Waals surface area (Å²) >= 11 is 4.99. The van der Waals surface area contributed by atoms with E-state index in [2.05, 4.69) is 16.1 Å². The SMILES string of the molecule is CC(O)C(N)CN(C)NCC(CC(N)=O)NC(=S)NC(CO)C(=O)O. The van der Waals surface area contributed by atoms with Crippen LogP contribution in [0.25, 0.3) is 0 Å². The summed E-state index contributed by atoms with van der Waals surface area (Å²) in [6.07, 6.45) is -0.728. The van der Waals surface area contributed by atoms with Gasteiger partial charge >= 0.3 is 5.97 Å². The summed E-state index contributed by atoms with van der Waals surface area (Å²) in [5, 5.41) is 34.1. The Morgan fingerprint density at radius 1 is 1.32 bits per heavy atom. The number of hydrogen-bond acceptors (Lipinski definition) is 8. The fraction of sp³-hybridized carbons (Fsp3) is 0.769. The number of aliphatic hydroxyl groups is 2. The second kappa shape index (κ2) is 11.9. The summed E-state index contributed by atoms with van der Waals surface area (Å²) < 4.78 is 0. The molecule has 11 nitrogen and oxygen atoms in total. The molecule has 0 rings (SSSR count). The Hall–Kier alpha value is -1.57. The molecule has 146 valence electrons. The number of aliphatic hydroxyl groups excluding tert-OH is 2. The average molecular weight is 380 g/mol. The molecule has 0 saturated heterocycles. The first kappa shape index (κ1) is 23.4. The maximum Gasteiger partial charge on any atom is 0.328 e. The van der Waals surface area contributed by atoms with Gasteiger partial charge in [0.2, 0.25) is 5.91 Å². The maximum absolute atomic E-state index is 11.2. The van der Waals surface area contributed by atoms with Gasteiger partial charge in [0.25, 0.3) is 0 Å². The Bertz CT molecular complexity index is 453. The second-order valence-electron chi connectivity index (χ2n) is 5.71. The summed E-state index contributed by atoms with van der Waals surface area (Å²) in [5.74, 6) is -1.83. The van der Waals surface area contributed by atoms with E-state index in [4.69, 9.17) is 33.9 Å². The van der Waals surface area contributed by atoms with E-state index in [-0.39, 0.29) is 18.1 Å². The minimum Gasteiger partial charge on any atom is -0.480 e. The van der Waals surface area contributed by atoms with Gasteiger partial charge in [0.05, 0.1) is 18.8 Å². The van der Waals surface area contributed by atoms with Gasteiger partial charge in [-0.1, -0.05) is 0 Å². The Labute approximate surface area is 151 Å². The Morgan fingerprint density at radius 2 is 1.92 bits per heavy atom. The number of aliphatic carboxylic acids is 1. The van der Waals surface area contributed by atoms with Crippen molar-refractivity contribution in [1.82, 2.24) is 21.1 Å². The minimum absolute atomic E-state index is 0.0298. The van der Waals surface area contributed by atoms with Gasteiger partial charge in [0, 0.05) is 32.6 Å². The van der Waals surface area contributed by atoms with Gasteiger partial charge in [0.15, 0.2) is 5.11 Å². The Morgan fingerprint density at radius 3 is 2.36 bits per heavy atom. The van der Waals surface area contributed by atoms with Gasteiger partial charge < -0.3 is 37.4 Å². The third kappa shape index (κ3) is 10.8. The lowest BCUT2D eigenvalue weighted by atomic mass is 10.2. The van der Waals surface area contributed by atoms with Gasteiger partial charge in [0.1, 0.15) is 6.04 Å². The number of nitrogens with two attached hydrogens (primary N) is 2. The van der Waals surface area contributed by atoms with E-state index in [0.717, 1.165) is 0 Å². The topological polar surface area (TPSA) is 186 Å². The van der Waals surface area contributed by atoms with Crippen molar-refractivity contribution in [1.29, 1.82) is 0 Å². The highest BCUT2D eigenvalue weighted by Crippen LogP contribution is 1.94. The van der Waals surface area contributed by atoms with Crippen molar-refractivity contribution in [2.45, 2.75) is 37.6 Å². The highest BCUT2D eigenvalue weighted by atomic mass is 32.1. The molecule has 4 atom stereocenters. The van der Waals surface area contributed by atoms with Crippen LogP contribution >= 0.6 is 12.2 Å². The van der Waals surface area contributed by atoms with Gasteiger partial charge in [-0.05, 0) is 19.1 Å². The van der Waals surface area contributed by atoms with Crippen molar-refractivity contribution in [2.24, 2.45) is 11.5 Å². The first-order chi connectivity index (χ1) is 11.6. The number of rotatable bonds is 12. The number of nitrogens with zero attached hydrogens (tertiary/aromatic N) is 1. The van der Waals surface area contributed by atoms with E-state index in [9.17, 15) is 14.7 Å². The average Bonchev–Trinajstić information content (AvgIpc) is 2.49. The number of likely N-dealkylation sites (N-methyl/N-ethyl adjacent to an activating group) is 1. The number of thiocarbonyl (C=S) groups is 1. The van der Waals surface area contributed by atoms with E-state index < -0.39 is 42.7 Å². The molecule has 0 heterocycles. The van der Waals surface area contributed by atoms with Crippen molar-refractivity contribution >= 4 is 29.2 Å². The van der Waals surface area contributed by atoms with Crippen molar-refractivity contribution in [2.75, 3.05) is 26.7 Å². The quantitative estimate of drug-likeness (QED) is 0.123. The maximum atomic E-state index is 11.2. The molecule has 0 aliphatic rings. The smallest absolute Gasteiger partial charge is 0.328 e. The number of hydrogen-bond donors (Lipinski definition) is 8. The molecule has 0 aromatic rings. The largest absolute Gasteiger partial charge is 0.480 e. The summed E-state index contributed by atoms with van der Waals surface area (Å²) in [6.45, 7) is 1.54. The summed E-state index contributed by atoms with van der Waals surface area (Å²) in [7, 11) is 1.71. The standard InChI is InChI=1S/C13H28N6O5S/c1-7(21)9(14)5-19(2)16-4-8(3-11(15)22)17-13(25)18-10(6-20)12(23)24/h7-10,16,20-21H,3-6,14H2,1-2H3,(H2,15,22)(H,23,24)(H2,17,18,25). The number of carbonyl (C=O) groups is 2. The first-order valence-electron chi connectivity index (χ1n) is 7.64. The van der Waals surface area contributed by atoms with Crippen LogP contribution in [0.2, 0.25) is 0 Å². The van der Waals surface area contributed by atoms with Crippen LogP contribution < -0.4 is 27.5 Å². The van der Waals surface area contributed by atoms with Crippen LogP contribution in [0, 0.1) is 0 Å². The van der Waals surface area contributed by atoms with Crippen molar-refractivity contribution in [3.05, 3.63) is 0 Å². The third-order valence-electron chi connectivity index (χ3n) is 3.28. The molecule has 10 N–H and O–H groups in total. The summed E-state index contributed by atoms with van der Waals surface area (Å²) in [4.78, 5) is 22.0. The first-order valence-corrected chi connectivity index (χ1v) is 8.04. The second-order valence-corrected chi connectivity index (χ2v) is 6.11. The molecule has 0 bridgehead atoms. The summed E-state index contributed by atoms with van der Waals surface area (Å²) in [6, 6.07) is -2.23. The van der Waals surface area contributed by atoms with E-state index in [0.29, 0.717) is 6.54 Å². The lowest BCUT2D eigenvalue weighted by Crippen LogP contribution is -2.55. The lowest BCUT2D eigenvalue weighted by molar-refractivity contribution is -0.140. The van der Waals surface area contributed by atoms with Crippen LogP contribution in [0.3, 0.4) is 0 Å². The molecule has 0 aliphatic heterocycles. The highest BCUT2D eigenvalue weighted by molar-refractivity contribution is 7.80. The van der Waals surface area contributed by atoms with Crippen LogP contribution in [0.4, 0.5) is 0 Å². The zero-order chi connectivity index (χ0) is 19.6. The van der Waals surface area contributed by atoms with Crippen molar-refractivity contribution in [3.63, 3.8) is 0 Å². The normalized spacial score (nSPS) is 15.9. The monoisotopic (exact) mass is 380 g/mol. The number of carbonyl (C=O) groups excluding carboxylic acids is 1. The molecule has 0 aromatic carbocycles. The fourth-order valence-corrected chi connectivity index (χ4v) is 2.10. The molecule has 0 fully saturated rings. The number of primary amides is 1. The van der Waals surface area contributed by atoms with Crippen LogP contribution in [-0.2, 0) is 9.59 Å². The van der Waals surface area contributed by atoms with Crippen LogP contribution in [0.1, 0.15) is 13.3 Å². The zero-order valence-electron chi connectivity index (χ0n) is 14.3. The number of amides is 1. The Kier molecular flexibility index (Phi) is 11.1. The van der Waals surface area contributed by atoms with Gasteiger partial charge in [-0.2, -0.15) is 0 Å². The van der Waals surface area contributed by atoms with Gasteiger partial charge in [-0.3, -0.25) is 10.2 Å². The van der Waals surface area contributed by atoms with E-state index in [1.807, 2.05) is 0 Å². The molecule has 0 aliphatic carbocycles. The molecular formula is C13H28N6O5S. The number of carboxylic acid groups (broad SMARTS) is 1. The molecule has 0 saturated carbocycles. The molecule has 25 heavy (non-hydrogen) atoms. The molecule has 12 heteroatoms. The predicted octanol–water partition coefficient (Wildman–Crippen LogP) is -3.72. The lowest BCUT2D eigenvalue weighted by Gasteiger charge is -2.27. The minimum atomic E-state index is -1.26. The fourth-order valence-electron chi connectivity index (χ4n) is 1.79. The highest BCUT2D eigenvalue weighted by Gasteiger charge is 2.20. The van der Waals surface area contributed by atoms with Crippen LogP contribution in [-0.4, -0.2) is 88.3 Å². The van der Waals surface area contributed by atoms with Crippen molar-refractivity contribution < 1.29 is 24.9 Å².